The summed E-state index contributed by atoms with van der Waals surface area (Å²) in [6.07, 6.45) is -6.54. The molecule has 2 rings (SSSR count). The van der Waals surface area contributed by atoms with E-state index in [0.29, 0.717) is 4.68 Å². The van der Waals surface area contributed by atoms with Crippen molar-refractivity contribution in [2.75, 3.05) is 0 Å². The molecule has 1 aromatic carbocycles. The molecule has 0 bridgehead atoms. The van der Waals surface area contributed by atoms with Gasteiger partial charge in [-0.3, -0.25) is 0 Å². The maximum Gasteiger partial charge on any atom is 0.416 e. The molecule has 0 saturated heterocycles. The summed E-state index contributed by atoms with van der Waals surface area (Å²) in [5, 5.41) is 12.6. The van der Waals surface area contributed by atoms with E-state index in [-0.39, 0.29) is 11.3 Å². The van der Waals surface area contributed by atoms with Gasteiger partial charge in [0.05, 0.1) is 24.1 Å². The van der Waals surface area contributed by atoms with Crippen molar-refractivity contribution in [1.29, 1.82) is 0 Å². The topological polar surface area (TPSA) is 38.1 Å². The van der Waals surface area contributed by atoms with Gasteiger partial charge in [-0.15, -0.1) is 0 Å². The predicted molar refractivity (Wildman–Crippen MR) is 59.4 cm³/mol. The molecule has 0 aliphatic carbocycles. The van der Waals surface area contributed by atoms with E-state index >= 15 is 0 Å². The smallest absolute Gasteiger partial charge is 0.392 e. The van der Waals surface area contributed by atoms with Crippen LogP contribution in [-0.4, -0.2) is 14.9 Å². The van der Waals surface area contributed by atoms with E-state index in [9.17, 15) is 22.0 Å². The summed E-state index contributed by atoms with van der Waals surface area (Å²) in [7, 11) is 0. The quantitative estimate of drug-likeness (QED) is 0.881. The van der Waals surface area contributed by atoms with Gasteiger partial charge in [0.25, 0.3) is 6.43 Å². The number of alkyl halides is 5. The van der Waals surface area contributed by atoms with E-state index in [1.807, 2.05) is 0 Å². The van der Waals surface area contributed by atoms with Gasteiger partial charge in [0.2, 0.25) is 0 Å². The van der Waals surface area contributed by atoms with E-state index in [2.05, 4.69) is 5.10 Å². The molecule has 0 spiro atoms. The Balaban J connectivity index is 2.55. The monoisotopic (exact) mass is 292 g/mol. The van der Waals surface area contributed by atoms with E-state index in [1.165, 1.54) is 6.07 Å². The van der Waals surface area contributed by atoms with Gasteiger partial charge < -0.3 is 5.11 Å². The molecule has 1 N–H and O–H groups in total. The molecule has 20 heavy (non-hydrogen) atoms. The lowest BCUT2D eigenvalue weighted by Crippen LogP contribution is -2.08. The highest BCUT2D eigenvalue weighted by molar-refractivity contribution is 5.39. The molecule has 2 aromatic rings. The predicted octanol–water partition coefficient (Wildman–Crippen LogP) is 3.32. The molecular weight excluding hydrogens is 283 g/mol. The van der Waals surface area contributed by atoms with Gasteiger partial charge in [0, 0.05) is 5.56 Å². The van der Waals surface area contributed by atoms with Crippen LogP contribution in [0, 0.1) is 0 Å². The number of aliphatic hydroxyl groups excluding tert-OH is 1. The number of benzene rings is 1. The third-order valence-corrected chi connectivity index (χ3v) is 2.68. The lowest BCUT2D eigenvalue weighted by atomic mass is 10.2. The van der Waals surface area contributed by atoms with Gasteiger partial charge >= 0.3 is 6.18 Å². The first-order chi connectivity index (χ1) is 9.34. The first-order valence-electron chi connectivity index (χ1n) is 5.48. The van der Waals surface area contributed by atoms with Crippen LogP contribution in [0.2, 0.25) is 0 Å². The van der Waals surface area contributed by atoms with Crippen LogP contribution >= 0.6 is 0 Å². The molecule has 0 radical (unpaired) electrons. The van der Waals surface area contributed by atoms with Crippen LogP contribution in [0.5, 0.6) is 0 Å². The van der Waals surface area contributed by atoms with Crippen molar-refractivity contribution in [3.05, 3.63) is 47.3 Å². The maximum atomic E-state index is 12.9. The largest absolute Gasteiger partial charge is 0.416 e. The third kappa shape index (κ3) is 2.64. The molecule has 0 unspecified atom stereocenters. The van der Waals surface area contributed by atoms with Crippen molar-refractivity contribution in [3.63, 3.8) is 0 Å². The molecule has 0 fully saturated rings. The second-order valence-electron chi connectivity index (χ2n) is 3.97. The van der Waals surface area contributed by atoms with Crippen LogP contribution in [0.1, 0.15) is 23.2 Å². The Bertz CT molecular complexity index is 606. The Hall–Kier alpha value is -1.96. The summed E-state index contributed by atoms with van der Waals surface area (Å²) in [5.41, 5.74) is -1.85. The number of rotatable bonds is 3. The highest BCUT2D eigenvalue weighted by Gasteiger charge is 2.31. The Labute approximate surface area is 110 Å². The van der Waals surface area contributed by atoms with E-state index in [4.69, 9.17) is 5.11 Å². The lowest BCUT2D eigenvalue weighted by Gasteiger charge is -2.11. The van der Waals surface area contributed by atoms with Crippen LogP contribution < -0.4 is 0 Å². The number of nitrogens with zero attached hydrogens (tertiary/aromatic N) is 2. The highest BCUT2D eigenvalue weighted by atomic mass is 19.4. The zero-order valence-electron chi connectivity index (χ0n) is 9.90. The van der Waals surface area contributed by atoms with Gasteiger partial charge in [-0.2, -0.15) is 18.3 Å². The molecule has 0 amide bonds. The molecule has 3 nitrogen and oxygen atoms in total. The molecule has 0 saturated carbocycles. The molecule has 108 valence electrons. The van der Waals surface area contributed by atoms with Crippen molar-refractivity contribution in [2.45, 2.75) is 19.2 Å². The third-order valence-electron chi connectivity index (χ3n) is 2.68. The van der Waals surface area contributed by atoms with Crippen molar-refractivity contribution in [2.24, 2.45) is 0 Å². The van der Waals surface area contributed by atoms with Crippen LogP contribution in [0.15, 0.2) is 30.5 Å². The average Bonchev–Trinajstić information content (AvgIpc) is 2.81. The van der Waals surface area contributed by atoms with Crippen LogP contribution in [0.3, 0.4) is 0 Å². The maximum absolute atomic E-state index is 12.9. The van der Waals surface area contributed by atoms with E-state index in [0.717, 1.165) is 24.4 Å². The van der Waals surface area contributed by atoms with Gasteiger partial charge in [0.1, 0.15) is 5.69 Å². The number of aliphatic hydroxyl groups is 1. The molecule has 8 heteroatoms. The fourth-order valence-electron chi connectivity index (χ4n) is 1.77. The minimum atomic E-state index is -4.58. The van der Waals surface area contributed by atoms with Gasteiger partial charge in [-0.1, -0.05) is 6.07 Å². The first-order valence-corrected chi connectivity index (χ1v) is 5.48. The zero-order valence-corrected chi connectivity index (χ0v) is 9.90. The van der Waals surface area contributed by atoms with E-state index < -0.39 is 30.5 Å². The molecule has 0 atom stereocenters. The number of hydrogen-bond acceptors (Lipinski definition) is 2. The Kier molecular flexibility index (Phi) is 3.76. The minimum absolute atomic E-state index is 0.127. The van der Waals surface area contributed by atoms with Crippen molar-refractivity contribution in [1.82, 2.24) is 9.78 Å². The van der Waals surface area contributed by atoms with Crippen LogP contribution in [0.4, 0.5) is 22.0 Å². The molecule has 1 heterocycles. The Morgan fingerprint density at radius 1 is 1.25 bits per heavy atom. The number of halogens is 5. The van der Waals surface area contributed by atoms with Gasteiger partial charge in [-0.05, 0) is 18.2 Å². The molecule has 1 aromatic heterocycles. The van der Waals surface area contributed by atoms with Crippen LogP contribution in [0.25, 0.3) is 5.69 Å². The zero-order chi connectivity index (χ0) is 14.9. The second kappa shape index (κ2) is 5.20. The normalized spacial score (nSPS) is 12.2. The summed E-state index contributed by atoms with van der Waals surface area (Å²) in [6, 6.07) is 3.89. The second-order valence-corrected chi connectivity index (χ2v) is 3.97. The average molecular weight is 292 g/mol. The molecular formula is C12H9F5N2O. The van der Waals surface area contributed by atoms with Gasteiger partial charge in [-0.25, -0.2) is 13.5 Å². The Morgan fingerprint density at radius 3 is 2.50 bits per heavy atom. The summed E-state index contributed by atoms with van der Waals surface area (Å²) < 4.78 is 64.4. The standard InChI is InChI=1S/C12H9F5N2O/c13-11(14)10-7(6-20)5-18-19(10)9-3-1-2-8(4-9)12(15,16)17/h1-5,11,20H,6H2. The van der Waals surface area contributed by atoms with Crippen LogP contribution in [-0.2, 0) is 12.8 Å². The van der Waals surface area contributed by atoms with Crippen molar-refractivity contribution in [3.8, 4) is 5.69 Å². The van der Waals surface area contributed by atoms with E-state index in [1.54, 1.807) is 0 Å². The van der Waals surface area contributed by atoms with Crippen molar-refractivity contribution >= 4 is 0 Å². The minimum Gasteiger partial charge on any atom is -0.392 e. The van der Waals surface area contributed by atoms with Gasteiger partial charge in [0.15, 0.2) is 0 Å². The number of hydrogen-bond donors (Lipinski definition) is 1. The molecule has 0 aliphatic heterocycles. The summed E-state index contributed by atoms with van der Waals surface area (Å²) in [4.78, 5) is 0. The lowest BCUT2D eigenvalue weighted by molar-refractivity contribution is -0.137. The Morgan fingerprint density at radius 2 is 1.95 bits per heavy atom. The number of aromatic nitrogens is 2. The summed E-state index contributed by atoms with van der Waals surface area (Å²) >= 11 is 0. The summed E-state index contributed by atoms with van der Waals surface area (Å²) in [6.45, 7) is -0.668. The van der Waals surface area contributed by atoms with Crippen molar-refractivity contribution < 1.29 is 27.1 Å². The fraction of sp³-hybridized carbons (Fsp3) is 0.250. The fourth-order valence-corrected chi connectivity index (χ4v) is 1.77. The highest BCUT2D eigenvalue weighted by Crippen LogP contribution is 2.32. The SMILES string of the molecule is OCc1cnn(-c2cccc(C(F)(F)F)c2)c1C(F)F. The first kappa shape index (κ1) is 14.4. The summed E-state index contributed by atoms with van der Waals surface area (Å²) in [5.74, 6) is 0. The molecule has 0 aliphatic rings.